The lowest BCUT2D eigenvalue weighted by atomic mass is 10.1. The van der Waals surface area contributed by atoms with Crippen molar-refractivity contribution in [3.63, 3.8) is 0 Å². The summed E-state index contributed by atoms with van der Waals surface area (Å²) in [5.74, 6) is 1.66. The highest BCUT2D eigenvalue weighted by Crippen LogP contribution is 2.36. The van der Waals surface area contributed by atoms with E-state index in [1.165, 1.54) is 4.88 Å². The molecule has 41 heavy (non-hydrogen) atoms. The normalized spacial score (nSPS) is 20.9. The summed E-state index contributed by atoms with van der Waals surface area (Å²) in [4.78, 5) is 18.3. The second-order valence-corrected chi connectivity index (χ2v) is 14.6. The lowest BCUT2D eigenvalue weighted by molar-refractivity contribution is 0.122. The first-order valence-electron chi connectivity index (χ1n) is 14.4. The van der Waals surface area contributed by atoms with Crippen molar-refractivity contribution in [3.8, 4) is 11.4 Å². The molecule has 3 aliphatic heterocycles. The van der Waals surface area contributed by atoms with E-state index in [2.05, 4.69) is 37.0 Å². The minimum absolute atomic E-state index is 0.281. The van der Waals surface area contributed by atoms with Gasteiger partial charge in [0.2, 0.25) is 10.0 Å². The molecule has 4 aromatic rings. The Labute approximate surface area is 244 Å². The maximum absolute atomic E-state index is 13.3. The van der Waals surface area contributed by atoms with Gasteiger partial charge in [0, 0.05) is 61.6 Å². The SMILES string of the molecule is CN1CCN(S(=O)(=O)C2CCN(Cc3cc4nc(-c5cccc6[nH]ncc56)nc(N5CCOCC5)c4s3)CC2)CC1. The number of ether oxygens (including phenoxy) is 1. The van der Waals surface area contributed by atoms with Crippen molar-refractivity contribution in [2.75, 3.05) is 77.5 Å². The Kier molecular flexibility index (Phi) is 7.42. The molecule has 3 aliphatic rings. The van der Waals surface area contributed by atoms with Gasteiger partial charge in [0.1, 0.15) is 0 Å². The maximum atomic E-state index is 13.3. The van der Waals surface area contributed by atoms with Crippen LogP contribution in [0.15, 0.2) is 30.5 Å². The number of H-pyrrole nitrogens is 1. The van der Waals surface area contributed by atoms with Crippen LogP contribution in [0.3, 0.4) is 0 Å². The zero-order valence-electron chi connectivity index (χ0n) is 23.3. The molecule has 0 bridgehead atoms. The van der Waals surface area contributed by atoms with Crippen LogP contribution in [0.1, 0.15) is 17.7 Å². The van der Waals surface area contributed by atoms with Crippen molar-refractivity contribution in [2.45, 2.75) is 24.6 Å². The average Bonchev–Trinajstić information content (AvgIpc) is 3.64. The van der Waals surface area contributed by atoms with Gasteiger partial charge in [0.05, 0.1) is 40.4 Å². The molecule has 7 rings (SSSR count). The van der Waals surface area contributed by atoms with Crippen LogP contribution in [-0.2, 0) is 21.3 Å². The number of rotatable bonds is 6. The van der Waals surface area contributed by atoms with Crippen molar-refractivity contribution in [1.82, 2.24) is 34.3 Å². The van der Waals surface area contributed by atoms with Gasteiger partial charge in [0.15, 0.2) is 11.6 Å². The summed E-state index contributed by atoms with van der Waals surface area (Å²) < 4.78 is 35.0. The van der Waals surface area contributed by atoms with E-state index in [0.29, 0.717) is 45.0 Å². The van der Waals surface area contributed by atoms with E-state index in [0.717, 1.165) is 78.3 Å². The number of piperidine rings is 1. The molecule has 11 nitrogen and oxygen atoms in total. The first-order valence-corrected chi connectivity index (χ1v) is 16.7. The third kappa shape index (κ3) is 5.35. The molecule has 0 radical (unpaired) electrons. The largest absolute Gasteiger partial charge is 0.378 e. The number of morpholine rings is 1. The summed E-state index contributed by atoms with van der Waals surface area (Å²) in [7, 11) is -1.20. The van der Waals surface area contributed by atoms with Gasteiger partial charge in [-0.2, -0.15) is 9.40 Å². The van der Waals surface area contributed by atoms with E-state index in [1.54, 1.807) is 15.6 Å². The third-order valence-corrected chi connectivity index (χ3v) is 12.1. The molecule has 13 heteroatoms. The minimum atomic E-state index is -3.24. The quantitative estimate of drug-likeness (QED) is 0.359. The summed E-state index contributed by atoms with van der Waals surface area (Å²) >= 11 is 1.75. The van der Waals surface area contributed by atoms with Gasteiger partial charge in [-0.15, -0.1) is 11.3 Å². The molecule has 1 N–H and O–H groups in total. The Hall–Kier alpha value is -2.68. The predicted octanol–water partition coefficient (Wildman–Crippen LogP) is 2.61. The fraction of sp³-hybridized carbons (Fsp3) is 0.536. The number of nitrogens with zero attached hydrogens (tertiary/aromatic N) is 7. The molecule has 6 heterocycles. The second-order valence-electron chi connectivity index (χ2n) is 11.3. The summed E-state index contributed by atoms with van der Waals surface area (Å²) in [5, 5.41) is 8.00. The number of fused-ring (bicyclic) bond motifs is 2. The zero-order chi connectivity index (χ0) is 28.0. The van der Waals surface area contributed by atoms with Gasteiger partial charge in [0.25, 0.3) is 0 Å². The molecular formula is C28H36N8O3S2. The van der Waals surface area contributed by atoms with Gasteiger partial charge >= 0.3 is 0 Å². The number of nitrogens with one attached hydrogen (secondary N) is 1. The van der Waals surface area contributed by atoms with Crippen LogP contribution >= 0.6 is 11.3 Å². The Balaban J connectivity index is 1.12. The summed E-state index contributed by atoms with van der Waals surface area (Å²) in [6.45, 7) is 8.12. The molecule has 3 aromatic heterocycles. The van der Waals surface area contributed by atoms with Gasteiger partial charge in [-0.3, -0.25) is 10.00 Å². The van der Waals surface area contributed by atoms with Gasteiger partial charge in [-0.1, -0.05) is 12.1 Å². The number of likely N-dealkylation sites (tertiary alicyclic amines) is 1. The minimum Gasteiger partial charge on any atom is -0.378 e. The van der Waals surface area contributed by atoms with Crippen molar-refractivity contribution in [2.24, 2.45) is 0 Å². The lowest BCUT2D eigenvalue weighted by Gasteiger charge is -2.37. The second kappa shape index (κ2) is 11.2. The number of hydrogen-bond acceptors (Lipinski definition) is 10. The number of likely N-dealkylation sites (N-methyl/N-ethyl adjacent to an activating group) is 1. The molecule has 0 amide bonds. The molecule has 1 aromatic carbocycles. The van der Waals surface area contributed by atoms with Gasteiger partial charge < -0.3 is 14.5 Å². The molecule has 218 valence electrons. The van der Waals surface area contributed by atoms with E-state index in [4.69, 9.17) is 14.7 Å². The van der Waals surface area contributed by atoms with Crippen molar-refractivity contribution < 1.29 is 13.2 Å². The number of aromatic amines is 1. The van der Waals surface area contributed by atoms with Crippen LogP contribution in [0.5, 0.6) is 0 Å². The number of piperazine rings is 1. The van der Waals surface area contributed by atoms with E-state index in [9.17, 15) is 8.42 Å². The predicted molar refractivity (Wildman–Crippen MR) is 162 cm³/mol. The molecule has 0 unspecified atom stereocenters. The first-order chi connectivity index (χ1) is 20.0. The van der Waals surface area contributed by atoms with Gasteiger partial charge in [-0.05, 0) is 45.1 Å². The number of sulfonamides is 1. The fourth-order valence-corrected chi connectivity index (χ4v) is 9.21. The van der Waals surface area contributed by atoms with E-state index >= 15 is 0 Å². The molecule has 0 aliphatic carbocycles. The van der Waals surface area contributed by atoms with Crippen LogP contribution in [0, 0.1) is 0 Å². The Morgan fingerprint density at radius 2 is 1.80 bits per heavy atom. The number of aromatic nitrogens is 4. The molecule has 0 atom stereocenters. The summed E-state index contributed by atoms with van der Waals surface area (Å²) in [6.07, 6.45) is 3.19. The highest BCUT2D eigenvalue weighted by Gasteiger charge is 2.36. The monoisotopic (exact) mass is 596 g/mol. The Bertz CT molecular complexity index is 1630. The number of anilines is 1. The zero-order valence-corrected chi connectivity index (χ0v) is 25.0. The van der Waals surface area contributed by atoms with Crippen LogP contribution < -0.4 is 4.90 Å². The van der Waals surface area contributed by atoms with E-state index in [1.807, 2.05) is 25.4 Å². The molecule has 3 saturated heterocycles. The summed E-state index contributed by atoms with van der Waals surface area (Å²) in [5.41, 5.74) is 2.87. The van der Waals surface area contributed by atoms with Crippen LogP contribution in [-0.4, -0.2) is 121 Å². The van der Waals surface area contributed by atoms with Crippen molar-refractivity contribution >= 4 is 48.3 Å². The number of benzene rings is 1. The smallest absolute Gasteiger partial charge is 0.217 e. The average molecular weight is 597 g/mol. The van der Waals surface area contributed by atoms with Gasteiger partial charge in [-0.25, -0.2) is 18.4 Å². The topological polar surface area (TPSA) is 111 Å². The van der Waals surface area contributed by atoms with E-state index < -0.39 is 10.0 Å². The number of thiophene rings is 1. The highest BCUT2D eigenvalue weighted by molar-refractivity contribution is 7.89. The summed E-state index contributed by atoms with van der Waals surface area (Å²) in [6, 6.07) is 8.26. The van der Waals surface area contributed by atoms with Crippen LogP contribution in [0.4, 0.5) is 5.82 Å². The molecular weight excluding hydrogens is 560 g/mol. The standard InChI is InChI=1S/C28H36N8O3S2/c1-33-9-11-36(12-10-33)41(37,38)21-5-7-34(8-6-21)19-20-17-25-26(40-20)28(35-13-15-39-16-14-35)31-27(30-25)22-3-2-4-24-23(22)18-29-32-24/h2-4,17-18,21H,5-16,19H2,1H3,(H,29,32). The Morgan fingerprint density at radius 1 is 1.02 bits per heavy atom. The molecule has 0 spiro atoms. The molecule has 3 fully saturated rings. The maximum Gasteiger partial charge on any atom is 0.217 e. The van der Waals surface area contributed by atoms with E-state index in [-0.39, 0.29) is 5.25 Å². The number of hydrogen-bond donors (Lipinski definition) is 1. The van der Waals surface area contributed by atoms with Crippen LogP contribution in [0.2, 0.25) is 0 Å². The lowest BCUT2D eigenvalue weighted by Crippen LogP contribution is -2.51. The third-order valence-electron chi connectivity index (χ3n) is 8.60. The highest BCUT2D eigenvalue weighted by atomic mass is 32.2. The van der Waals surface area contributed by atoms with Crippen molar-refractivity contribution in [3.05, 3.63) is 35.3 Å². The fourth-order valence-electron chi connectivity index (χ4n) is 6.15. The first kappa shape index (κ1) is 27.2. The van der Waals surface area contributed by atoms with Crippen LogP contribution in [0.25, 0.3) is 32.5 Å². The molecule has 0 saturated carbocycles. The van der Waals surface area contributed by atoms with Crippen molar-refractivity contribution in [1.29, 1.82) is 0 Å². The Morgan fingerprint density at radius 3 is 2.59 bits per heavy atom.